The molecule has 0 aliphatic carbocycles. The van der Waals surface area contributed by atoms with Crippen molar-refractivity contribution in [3.8, 4) is 0 Å². The molecule has 2 atom stereocenters. The third-order valence-electron chi connectivity index (χ3n) is 5.06. The highest BCUT2D eigenvalue weighted by Crippen LogP contribution is 2.34. The molecule has 1 aromatic rings. The maximum Gasteiger partial charge on any atom is 0.293 e. The molecule has 0 bridgehead atoms. The van der Waals surface area contributed by atoms with Crippen LogP contribution in [0.15, 0.2) is 23.1 Å². The van der Waals surface area contributed by atoms with Crippen molar-refractivity contribution in [2.24, 2.45) is 11.8 Å². The summed E-state index contributed by atoms with van der Waals surface area (Å²) in [5.41, 5.74) is 0.392. The first-order chi connectivity index (χ1) is 11.8. The summed E-state index contributed by atoms with van der Waals surface area (Å²) >= 11 is 0. The zero-order valence-electron chi connectivity index (χ0n) is 14.7. The van der Waals surface area contributed by atoms with E-state index >= 15 is 0 Å². The van der Waals surface area contributed by atoms with Gasteiger partial charge in [0.05, 0.1) is 9.82 Å². The molecule has 2 aliphatic heterocycles. The number of benzene rings is 1. The van der Waals surface area contributed by atoms with Crippen LogP contribution in [0.4, 0.5) is 11.4 Å². The number of nitro groups is 1. The van der Waals surface area contributed by atoms with Crippen molar-refractivity contribution in [2.75, 3.05) is 31.1 Å². The molecule has 0 radical (unpaired) electrons. The minimum absolute atomic E-state index is 0.0171. The van der Waals surface area contributed by atoms with Crippen LogP contribution in [0.3, 0.4) is 0 Å². The minimum Gasteiger partial charge on any atom is -0.366 e. The van der Waals surface area contributed by atoms with E-state index in [1.54, 1.807) is 6.07 Å². The van der Waals surface area contributed by atoms with Gasteiger partial charge in [-0.2, -0.15) is 4.31 Å². The molecule has 2 heterocycles. The van der Waals surface area contributed by atoms with E-state index < -0.39 is 14.9 Å². The highest BCUT2D eigenvalue weighted by molar-refractivity contribution is 7.89. The summed E-state index contributed by atoms with van der Waals surface area (Å²) in [4.78, 5) is 13.0. The first-order valence-electron chi connectivity index (χ1n) is 8.82. The Kier molecular flexibility index (Phi) is 5.02. The van der Waals surface area contributed by atoms with Gasteiger partial charge in [0, 0.05) is 32.2 Å². The normalized spacial score (nSPS) is 25.3. The lowest BCUT2D eigenvalue weighted by Gasteiger charge is -2.34. The summed E-state index contributed by atoms with van der Waals surface area (Å²) in [6, 6.07) is 4.33. The molecule has 0 N–H and O–H groups in total. The fourth-order valence-corrected chi connectivity index (χ4v) is 5.69. The lowest BCUT2D eigenvalue weighted by atomic mass is 9.94. The number of hydrogen-bond donors (Lipinski definition) is 0. The molecule has 3 rings (SSSR count). The van der Waals surface area contributed by atoms with Crippen LogP contribution in [0.2, 0.25) is 0 Å². The topological polar surface area (TPSA) is 83.8 Å². The lowest BCUT2D eigenvalue weighted by molar-refractivity contribution is -0.384. The second-order valence-electron chi connectivity index (χ2n) is 7.37. The number of piperidine rings is 1. The van der Waals surface area contributed by atoms with Crippen LogP contribution >= 0.6 is 0 Å². The number of anilines is 1. The second kappa shape index (κ2) is 6.92. The van der Waals surface area contributed by atoms with E-state index in [-0.39, 0.29) is 22.4 Å². The molecule has 138 valence electrons. The van der Waals surface area contributed by atoms with Gasteiger partial charge in [0.1, 0.15) is 5.69 Å². The molecule has 0 unspecified atom stereocenters. The number of rotatable bonds is 4. The van der Waals surface area contributed by atoms with Crippen LogP contribution in [0, 0.1) is 22.0 Å². The molecular weight excluding hydrogens is 342 g/mol. The first kappa shape index (κ1) is 18.1. The molecule has 2 aliphatic rings. The minimum atomic E-state index is -3.71. The predicted molar refractivity (Wildman–Crippen MR) is 96.2 cm³/mol. The first-order valence-corrected chi connectivity index (χ1v) is 10.3. The molecule has 0 aromatic heterocycles. The summed E-state index contributed by atoms with van der Waals surface area (Å²) in [7, 11) is -3.71. The zero-order chi connectivity index (χ0) is 18.2. The van der Waals surface area contributed by atoms with E-state index in [1.165, 1.54) is 16.4 Å². The highest BCUT2D eigenvalue weighted by Gasteiger charge is 2.33. The molecule has 0 amide bonds. The average molecular weight is 367 g/mol. The molecule has 0 spiro atoms. The van der Waals surface area contributed by atoms with Crippen molar-refractivity contribution < 1.29 is 13.3 Å². The van der Waals surface area contributed by atoms with Crippen molar-refractivity contribution >= 4 is 21.4 Å². The summed E-state index contributed by atoms with van der Waals surface area (Å²) in [6.07, 6.45) is 3.00. The van der Waals surface area contributed by atoms with Crippen LogP contribution < -0.4 is 4.90 Å². The number of sulfonamides is 1. The zero-order valence-corrected chi connectivity index (χ0v) is 15.5. The van der Waals surface area contributed by atoms with E-state index in [0.29, 0.717) is 18.8 Å². The smallest absolute Gasteiger partial charge is 0.293 e. The van der Waals surface area contributed by atoms with Crippen molar-refractivity contribution in [2.45, 2.75) is 38.0 Å². The Labute approximate surface area is 148 Å². The van der Waals surface area contributed by atoms with E-state index in [0.717, 1.165) is 32.4 Å². The van der Waals surface area contributed by atoms with Crippen LogP contribution in [0.1, 0.15) is 33.1 Å². The van der Waals surface area contributed by atoms with Crippen molar-refractivity contribution in [1.82, 2.24) is 4.31 Å². The Hall–Kier alpha value is -1.67. The van der Waals surface area contributed by atoms with Gasteiger partial charge in [-0.15, -0.1) is 0 Å². The van der Waals surface area contributed by atoms with Gasteiger partial charge in [0.15, 0.2) is 0 Å². The molecule has 2 fully saturated rings. The fourth-order valence-electron chi connectivity index (χ4n) is 3.99. The third-order valence-corrected chi connectivity index (χ3v) is 6.89. The summed E-state index contributed by atoms with van der Waals surface area (Å²) < 4.78 is 27.4. The van der Waals surface area contributed by atoms with Crippen molar-refractivity contribution in [3.63, 3.8) is 0 Å². The summed E-state index contributed by atoms with van der Waals surface area (Å²) in [5, 5.41) is 11.5. The van der Waals surface area contributed by atoms with Gasteiger partial charge in [-0.1, -0.05) is 13.8 Å². The van der Waals surface area contributed by atoms with Gasteiger partial charge in [-0.3, -0.25) is 10.1 Å². The SMILES string of the molecule is C[C@@H]1C[C@H](C)CN(S(=O)(=O)c2ccc(N3CCCC3)c([N+](=O)[O-])c2)C1. The fraction of sp³-hybridized carbons (Fsp3) is 0.647. The summed E-state index contributed by atoms with van der Waals surface area (Å²) in [5.74, 6) is 0.578. The Morgan fingerprint density at radius 1 is 1.12 bits per heavy atom. The lowest BCUT2D eigenvalue weighted by Crippen LogP contribution is -2.42. The molecule has 0 saturated carbocycles. The maximum atomic E-state index is 13.0. The van der Waals surface area contributed by atoms with Gasteiger partial charge in [0.2, 0.25) is 10.0 Å². The maximum absolute atomic E-state index is 13.0. The standard InChI is InChI=1S/C17H25N3O4S/c1-13-9-14(2)12-19(11-13)25(23,24)15-5-6-16(17(10-15)20(21)22)18-7-3-4-8-18/h5-6,10,13-14H,3-4,7-9,11-12H2,1-2H3/t13-,14+. The Bertz CT molecular complexity index is 749. The highest BCUT2D eigenvalue weighted by atomic mass is 32.2. The summed E-state index contributed by atoms with van der Waals surface area (Å²) in [6.45, 7) is 6.55. The monoisotopic (exact) mass is 367 g/mol. The molecule has 7 nitrogen and oxygen atoms in total. The number of hydrogen-bond acceptors (Lipinski definition) is 5. The van der Waals surface area contributed by atoms with Gasteiger partial charge in [-0.25, -0.2) is 8.42 Å². The van der Waals surface area contributed by atoms with E-state index in [9.17, 15) is 18.5 Å². The Balaban J connectivity index is 1.96. The molecular formula is C17H25N3O4S. The van der Waals surface area contributed by atoms with Crippen LogP contribution in [0.5, 0.6) is 0 Å². The van der Waals surface area contributed by atoms with Crippen LogP contribution in [-0.4, -0.2) is 43.8 Å². The predicted octanol–water partition coefficient (Wildman–Crippen LogP) is 2.86. The Morgan fingerprint density at radius 2 is 1.72 bits per heavy atom. The van der Waals surface area contributed by atoms with E-state index in [4.69, 9.17) is 0 Å². The largest absolute Gasteiger partial charge is 0.366 e. The van der Waals surface area contributed by atoms with Gasteiger partial charge in [-0.05, 0) is 43.2 Å². The molecule has 1 aromatic carbocycles. The van der Waals surface area contributed by atoms with Crippen LogP contribution in [0.25, 0.3) is 0 Å². The van der Waals surface area contributed by atoms with Gasteiger partial charge < -0.3 is 4.90 Å². The van der Waals surface area contributed by atoms with Gasteiger partial charge >= 0.3 is 0 Å². The van der Waals surface area contributed by atoms with E-state index in [1.807, 2.05) is 18.7 Å². The van der Waals surface area contributed by atoms with Crippen molar-refractivity contribution in [3.05, 3.63) is 28.3 Å². The third kappa shape index (κ3) is 3.64. The van der Waals surface area contributed by atoms with Crippen LogP contribution in [-0.2, 0) is 10.0 Å². The molecule has 25 heavy (non-hydrogen) atoms. The van der Waals surface area contributed by atoms with Gasteiger partial charge in [0.25, 0.3) is 5.69 Å². The quantitative estimate of drug-likeness (QED) is 0.603. The molecule has 8 heteroatoms. The number of nitro benzene ring substituents is 1. The second-order valence-corrected chi connectivity index (χ2v) is 9.31. The molecule has 2 saturated heterocycles. The average Bonchev–Trinajstić information content (AvgIpc) is 3.07. The number of nitrogens with zero attached hydrogens (tertiary/aromatic N) is 3. The Morgan fingerprint density at radius 3 is 2.28 bits per heavy atom. The van der Waals surface area contributed by atoms with E-state index in [2.05, 4.69) is 0 Å². The van der Waals surface area contributed by atoms with Crippen molar-refractivity contribution in [1.29, 1.82) is 0 Å².